The number of thiazole rings is 1. The number of hydrogen-bond donors (Lipinski definition) is 2. The molecule has 4 rings (SSSR count). The summed E-state index contributed by atoms with van der Waals surface area (Å²) in [7, 11) is 0. The Kier molecular flexibility index (Phi) is 5.93. The van der Waals surface area contributed by atoms with Crippen LogP contribution in [0.25, 0.3) is 6.08 Å². The fourth-order valence-electron chi connectivity index (χ4n) is 3.66. The third kappa shape index (κ3) is 4.20. The van der Waals surface area contributed by atoms with Gasteiger partial charge in [-0.2, -0.15) is 0 Å². The summed E-state index contributed by atoms with van der Waals surface area (Å²) in [6.07, 6.45) is 2.91. The highest BCUT2D eigenvalue weighted by molar-refractivity contribution is 7.17. The first-order valence-electron chi connectivity index (χ1n) is 10.1. The highest BCUT2D eigenvalue weighted by Crippen LogP contribution is 2.43. The number of ketones is 2. The van der Waals surface area contributed by atoms with Crippen molar-refractivity contribution in [2.75, 3.05) is 4.90 Å². The molecule has 0 saturated carbocycles. The van der Waals surface area contributed by atoms with Crippen LogP contribution < -0.4 is 4.90 Å². The van der Waals surface area contributed by atoms with Crippen LogP contribution in [0.4, 0.5) is 5.13 Å². The SMILES string of the molecule is CC(=O)c1sc(N2C(=O)C(O)=C(C(=O)C=Cc3ccccc3)C2c2ccc(O)cc2)nc1C. The Balaban J connectivity index is 1.80. The molecule has 8 heteroatoms. The van der Waals surface area contributed by atoms with E-state index in [2.05, 4.69) is 4.98 Å². The number of Topliss-reactive ketones (excluding diaryl/α,β-unsaturated/α-hetero) is 1. The number of aromatic hydroxyl groups is 1. The van der Waals surface area contributed by atoms with Crippen molar-refractivity contribution < 1.29 is 24.6 Å². The summed E-state index contributed by atoms with van der Waals surface area (Å²) in [5.74, 6) is -2.17. The molecule has 1 atom stereocenters. The van der Waals surface area contributed by atoms with Gasteiger partial charge in [-0.15, -0.1) is 0 Å². The molecule has 33 heavy (non-hydrogen) atoms. The highest BCUT2D eigenvalue weighted by Gasteiger charge is 2.45. The molecule has 0 spiro atoms. The van der Waals surface area contributed by atoms with Gasteiger partial charge in [-0.05, 0) is 36.3 Å². The van der Waals surface area contributed by atoms with Crippen molar-refractivity contribution in [3.05, 3.63) is 93.7 Å². The standard InChI is InChI=1S/C25H20N2O5S/c1-14-23(15(2)28)33-25(26-14)27-21(17-9-11-18(29)12-10-17)20(22(31)24(27)32)19(30)13-8-16-6-4-3-5-7-16/h3-13,21,29,31H,1-2H3. The summed E-state index contributed by atoms with van der Waals surface area (Å²) < 4.78 is 0. The van der Waals surface area contributed by atoms with Gasteiger partial charge < -0.3 is 10.2 Å². The van der Waals surface area contributed by atoms with Crippen LogP contribution in [0.15, 0.2) is 72.0 Å². The number of rotatable bonds is 6. The number of carbonyl (C=O) groups excluding carboxylic acids is 3. The molecule has 0 bridgehead atoms. The predicted molar refractivity (Wildman–Crippen MR) is 125 cm³/mol. The van der Waals surface area contributed by atoms with Crippen molar-refractivity contribution in [2.24, 2.45) is 0 Å². The number of benzene rings is 2. The average molecular weight is 461 g/mol. The quantitative estimate of drug-likeness (QED) is 0.413. The van der Waals surface area contributed by atoms with Gasteiger partial charge in [0.1, 0.15) is 5.75 Å². The lowest BCUT2D eigenvalue weighted by molar-refractivity contribution is -0.117. The van der Waals surface area contributed by atoms with E-state index in [0.29, 0.717) is 16.1 Å². The number of aromatic nitrogens is 1. The second-order valence-corrected chi connectivity index (χ2v) is 8.48. The minimum Gasteiger partial charge on any atom is -0.508 e. The van der Waals surface area contributed by atoms with E-state index in [1.807, 2.05) is 30.3 Å². The van der Waals surface area contributed by atoms with E-state index >= 15 is 0 Å². The number of aryl methyl sites for hydroxylation is 1. The summed E-state index contributed by atoms with van der Waals surface area (Å²) in [6.45, 7) is 3.07. The van der Waals surface area contributed by atoms with E-state index < -0.39 is 23.5 Å². The Morgan fingerprint density at radius 2 is 1.73 bits per heavy atom. The number of hydrogen-bond acceptors (Lipinski definition) is 7. The first-order valence-corrected chi connectivity index (χ1v) is 10.9. The second-order valence-electron chi connectivity index (χ2n) is 7.51. The molecule has 1 unspecified atom stereocenters. The topological polar surface area (TPSA) is 108 Å². The van der Waals surface area contributed by atoms with E-state index in [9.17, 15) is 24.6 Å². The van der Waals surface area contributed by atoms with E-state index in [4.69, 9.17) is 0 Å². The van der Waals surface area contributed by atoms with Crippen LogP contribution in [0.3, 0.4) is 0 Å². The molecule has 3 aromatic rings. The molecule has 0 fully saturated rings. The van der Waals surface area contributed by atoms with Crippen LogP contribution in [0.1, 0.15) is 39.5 Å². The summed E-state index contributed by atoms with van der Waals surface area (Å²) in [6, 6.07) is 14.2. The van der Waals surface area contributed by atoms with Gasteiger partial charge in [0.15, 0.2) is 22.5 Å². The van der Waals surface area contributed by atoms with Gasteiger partial charge in [-0.25, -0.2) is 4.98 Å². The number of anilines is 1. The molecule has 2 aromatic carbocycles. The molecule has 166 valence electrons. The zero-order valence-electron chi connectivity index (χ0n) is 17.9. The van der Waals surface area contributed by atoms with E-state index in [1.54, 1.807) is 25.1 Å². The molecule has 1 aliphatic rings. The van der Waals surface area contributed by atoms with Crippen molar-refractivity contribution in [3.63, 3.8) is 0 Å². The number of nitrogens with zero attached hydrogens (tertiary/aromatic N) is 2. The van der Waals surface area contributed by atoms with Gasteiger partial charge in [0, 0.05) is 6.92 Å². The molecule has 0 saturated heterocycles. The van der Waals surface area contributed by atoms with E-state index in [1.165, 1.54) is 30.0 Å². The van der Waals surface area contributed by atoms with Crippen LogP contribution in [0.5, 0.6) is 5.75 Å². The normalized spacial score (nSPS) is 16.1. The van der Waals surface area contributed by atoms with E-state index in [-0.39, 0.29) is 22.2 Å². The van der Waals surface area contributed by atoms with Gasteiger partial charge in [-0.3, -0.25) is 19.3 Å². The second kappa shape index (κ2) is 8.84. The van der Waals surface area contributed by atoms with Crippen molar-refractivity contribution >= 4 is 40.0 Å². The number of aliphatic hydroxyl groups is 1. The third-order valence-corrected chi connectivity index (χ3v) is 6.48. The lowest BCUT2D eigenvalue weighted by Gasteiger charge is -2.24. The molecule has 2 heterocycles. The van der Waals surface area contributed by atoms with Crippen LogP contribution in [0, 0.1) is 6.92 Å². The first-order chi connectivity index (χ1) is 15.8. The highest BCUT2D eigenvalue weighted by atomic mass is 32.1. The molecule has 1 aliphatic heterocycles. The molecule has 1 aromatic heterocycles. The lowest BCUT2D eigenvalue weighted by Crippen LogP contribution is -2.30. The minimum atomic E-state index is -0.976. The van der Waals surface area contributed by atoms with Crippen molar-refractivity contribution in [3.8, 4) is 5.75 Å². The first kappa shape index (κ1) is 22.2. The maximum atomic E-state index is 13.2. The molecule has 2 N–H and O–H groups in total. The maximum absolute atomic E-state index is 13.2. The Bertz CT molecular complexity index is 1310. The summed E-state index contributed by atoms with van der Waals surface area (Å²) in [5, 5.41) is 20.6. The number of aliphatic hydroxyl groups excluding tert-OH is 1. The fourth-order valence-corrected chi connectivity index (χ4v) is 4.65. The Hall–Kier alpha value is -4.04. The van der Waals surface area contributed by atoms with Crippen LogP contribution in [-0.4, -0.2) is 32.7 Å². The smallest absolute Gasteiger partial charge is 0.296 e. The van der Waals surface area contributed by atoms with Crippen molar-refractivity contribution in [1.29, 1.82) is 0 Å². The monoisotopic (exact) mass is 460 g/mol. The Morgan fingerprint density at radius 1 is 1.06 bits per heavy atom. The molecule has 7 nitrogen and oxygen atoms in total. The zero-order valence-corrected chi connectivity index (χ0v) is 18.7. The van der Waals surface area contributed by atoms with Gasteiger partial charge in [0.2, 0.25) is 0 Å². The largest absolute Gasteiger partial charge is 0.508 e. The van der Waals surface area contributed by atoms with Crippen LogP contribution >= 0.6 is 11.3 Å². The van der Waals surface area contributed by atoms with Crippen molar-refractivity contribution in [2.45, 2.75) is 19.9 Å². The van der Waals surface area contributed by atoms with Gasteiger partial charge >= 0.3 is 0 Å². The fraction of sp³-hybridized carbons (Fsp3) is 0.120. The molecular formula is C25H20N2O5S. The third-order valence-electron chi connectivity index (χ3n) is 5.22. The summed E-state index contributed by atoms with van der Waals surface area (Å²) in [5.41, 5.74) is 1.65. The van der Waals surface area contributed by atoms with Gasteiger partial charge in [0.25, 0.3) is 5.91 Å². The summed E-state index contributed by atoms with van der Waals surface area (Å²) in [4.78, 5) is 44.2. The minimum absolute atomic E-state index is 0.0173. The predicted octanol–water partition coefficient (Wildman–Crippen LogP) is 4.54. The number of carbonyl (C=O) groups is 3. The Morgan fingerprint density at radius 3 is 2.33 bits per heavy atom. The molecule has 1 amide bonds. The Labute approximate surface area is 194 Å². The zero-order chi connectivity index (χ0) is 23.7. The molecule has 0 radical (unpaired) electrons. The summed E-state index contributed by atoms with van der Waals surface area (Å²) >= 11 is 1.02. The molecule has 0 aliphatic carbocycles. The average Bonchev–Trinajstić information content (AvgIpc) is 3.31. The lowest BCUT2D eigenvalue weighted by atomic mass is 9.95. The van der Waals surface area contributed by atoms with Crippen LogP contribution in [-0.2, 0) is 9.59 Å². The number of phenols is 1. The number of amides is 1. The van der Waals surface area contributed by atoms with Gasteiger partial charge in [0.05, 0.1) is 22.2 Å². The number of phenolic OH excluding ortho intramolecular Hbond substituents is 1. The van der Waals surface area contributed by atoms with Gasteiger partial charge in [-0.1, -0.05) is 59.9 Å². The maximum Gasteiger partial charge on any atom is 0.296 e. The number of allylic oxidation sites excluding steroid dienone is 1. The van der Waals surface area contributed by atoms with Crippen LogP contribution in [0.2, 0.25) is 0 Å². The molecular weight excluding hydrogens is 440 g/mol. The van der Waals surface area contributed by atoms with E-state index in [0.717, 1.165) is 16.9 Å². The van der Waals surface area contributed by atoms with Crippen molar-refractivity contribution in [1.82, 2.24) is 4.98 Å².